The second-order valence-corrected chi connectivity index (χ2v) is 6.98. The van der Waals surface area contributed by atoms with Crippen LogP contribution in [-0.4, -0.2) is 34.4 Å². The first-order valence-electron chi connectivity index (χ1n) is 7.29. The SMILES string of the molecule is CN=C(NCc1c(C)nn(C)c1C)NCC(O)c1ccc(Cl)s1. The van der Waals surface area contributed by atoms with Gasteiger partial charge in [-0.2, -0.15) is 5.10 Å². The maximum absolute atomic E-state index is 10.1. The smallest absolute Gasteiger partial charge is 0.191 e. The third-order valence-corrected chi connectivity index (χ3v) is 5.03. The van der Waals surface area contributed by atoms with Crippen LogP contribution in [0.1, 0.15) is 27.9 Å². The Morgan fingerprint density at radius 3 is 2.70 bits per heavy atom. The van der Waals surface area contributed by atoms with Crippen LogP contribution in [0, 0.1) is 13.8 Å². The molecule has 0 aliphatic rings. The summed E-state index contributed by atoms with van der Waals surface area (Å²) in [5.74, 6) is 0.634. The van der Waals surface area contributed by atoms with E-state index in [2.05, 4.69) is 20.7 Å². The van der Waals surface area contributed by atoms with Gasteiger partial charge in [-0.15, -0.1) is 11.3 Å². The first-order valence-corrected chi connectivity index (χ1v) is 8.48. The number of aliphatic imine (C=N–C) groups is 1. The second-order valence-electron chi connectivity index (χ2n) is 5.24. The van der Waals surface area contributed by atoms with E-state index < -0.39 is 6.10 Å². The molecule has 0 radical (unpaired) electrons. The normalized spacial score (nSPS) is 13.2. The highest BCUT2D eigenvalue weighted by Gasteiger charge is 2.12. The number of aryl methyl sites for hydroxylation is 2. The van der Waals surface area contributed by atoms with E-state index in [4.69, 9.17) is 11.6 Å². The molecule has 0 amide bonds. The van der Waals surface area contributed by atoms with Gasteiger partial charge in [0.25, 0.3) is 0 Å². The molecule has 23 heavy (non-hydrogen) atoms. The minimum Gasteiger partial charge on any atom is -0.386 e. The molecule has 1 atom stereocenters. The molecule has 0 fully saturated rings. The van der Waals surface area contributed by atoms with Crippen molar-refractivity contribution in [1.29, 1.82) is 0 Å². The zero-order valence-electron chi connectivity index (χ0n) is 13.7. The van der Waals surface area contributed by atoms with Crippen molar-refractivity contribution in [3.05, 3.63) is 38.3 Å². The summed E-state index contributed by atoms with van der Waals surface area (Å²) in [4.78, 5) is 5.00. The highest BCUT2D eigenvalue weighted by atomic mass is 35.5. The molecule has 0 saturated heterocycles. The predicted octanol–water partition coefficient (Wildman–Crippen LogP) is 2.15. The van der Waals surface area contributed by atoms with Crippen LogP contribution in [0.3, 0.4) is 0 Å². The van der Waals surface area contributed by atoms with Crippen LogP contribution in [0.2, 0.25) is 4.34 Å². The number of nitrogens with one attached hydrogen (secondary N) is 2. The van der Waals surface area contributed by atoms with E-state index in [1.54, 1.807) is 13.1 Å². The molecule has 0 saturated carbocycles. The molecule has 2 aromatic rings. The van der Waals surface area contributed by atoms with Crippen LogP contribution in [-0.2, 0) is 13.6 Å². The lowest BCUT2D eigenvalue weighted by atomic mass is 10.2. The second kappa shape index (κ2) is 7.81. The van der Waals surface area contributed by atoms with E-state index in [0.29, 0.717) is 23.4 Å². The van der Waals surface area contributed by atoms with Crippen LogP contribution in [0.25, 0.3) is 0 Å². The molecule has 0 aliphatic carbocycles. The summed E-state index contributed by atoms with van der Waals surface area (Å²) in [5.41, 5.74) is 3.28. The van der Waals surface area contributed by atoms with Gasteiger partial charge in [0.2, 0.25) is 0 Å². The van der Waals surface area contributed by atoms with Crippen LogP contribution in [0.5, 0.6) is 0 Å². The summed E-state index contributed by atoms with van der Waals surface area (Å²) in [6, 6.07) is 3.61. The first-order chi connectivity index (χ1) is 10.9. The van der Waals surface area contributed by atoms with Crippen molar-refractivity contribution >= 4 is 28.9 Å². The standard InChI is InChI=1S/C15H22ClN5OS/c1-9-11(10(2)21(4)20-9)7-18-15(17-3)19-8-12(22)13-5-6-14(16)23-13/h5-6,12,22H,7-8H2,1-4H3,(H2,17,18,19). The number of aliphatic hydroxyl groups excluding tert-OH is 1. The van der Waals surface area contributed by atoms with Crippen molar-refractivity contribution in [3.63, 3.8) is 0 Å². The lowest BCUT2D eigenvalue weighted by Crippen LogP contribution is -2.39. The van der Waals surface area contributed by atoms with Gasteiger partial charge in [0.15, 0.2) is 5.96 Å². The number of aliphatic hydroxyl groups is 1. The molecule has 0 spiro atoms. The Hall–Kier alpha value is -1.57. The van der Waals surface area contributed by atoms with Crippen LogP contribution >= 0.6 is 22.9 Å². The van der Waals surface area contributed by atoms with Gasteiger partial charge in [0.1, 0.15) is 6.10 Å². The highest BCUT2D eigenvalue weighted by Crippen LogP contribution is 2.26. The molecule has 8 heteroatoms. The minimum atomic E-state index is -0.618. The van der Waals surface area contributed by atoms with Crippen molar-refractivity contribution in [1.82, 2.24) is 20.4 Å². The molecule has 3 N–H and O–H groups in total. The fourth-order valence-corrected chi connectivity index (χ4v) is 3.31. The number of thiophene rings is 1. The number of hydrogen-bond acceptors (Lipinski definition) is 4. The number of nitrogens with zero attached hydrogens (tertiary/aromatic N) is 3. The number of aromatic nitrogens is 2. The lowest BCUT2D eigenvalue weighted by molar-refractivity contribution is 0.184. The summed E-state index contributed by atoms with van der Waals surface area (Å²) >= 11 is 7.26. The van der Waals surface area contributed by atoms with Crippen molar-refractivity contribution in [3.8, 4) is 0 Å². The van der Waals surface area contributed by atoms with E-state index in [9.17, 15) is 5.11 Å². The zero-order chi connectivity index (χ0) is 17.0. The molecule has 126 valence electrons. The largest absolute Gasteiger partial charge is 0.386 e. The van der Waals surface area contributed by atoms with E-state index in [0.717, 1.165) is 21.8 Å². The summed E-state index contributed by atoms with van der Waals surface area (Å²) < 4.78 is 2.54. The zero-order valence-corrected chi connectivity index (χ0v) is 15.3. The van der Waals surface area contributed by atoms with E-state index in [1.165, 1.54) is 11.3 Å². The topological polar surface area (TPSA) is 74.5 Å². The Morgan fingerprint density at radius 2 is 2.17 bits per heavy atom. The van der Waals surface area contributed by atoms with Gasteiger partial charge in [-0.05, 0) is 26.0 Å². The quantitative estimate of drug-likeness (QED) is 0.567. The Kier molecular flexibility index (Phi) is 6.04. The van der Waals surface area contributed by atoms with Gasteiger partial charge in [-0.25, -0.2) is 0 Å². The molecule has 2 heterocycles. The predicted molar refractivity (Wildman–Crippen MR) is 95.2 cm³/mol. The third kappa shape index (κ3) is 4.46. The molecule has 1 unspecified atom stereocenters. The summed E-state index contributed by atoms with van der Waals surface area (Å²) in [6.45, 7) is 5.02. The Morgan fingerprint density at radius 1 is 1.43 bits per heavy atom. The Labute approximate surface area is 145 Å². The number of rotatable bonds is 5. The van der Waals surface area contributed by atoms with Crippen molar-refractivity contribution in [2.45, 2.75) is 26.5 Å². The number of guanidine groups is 1. The summed E-state index contributed by atoms with van der Waals surface area (Å²) in [7, 11) is 3.63. The summed E-state index contributed by atoms with van der Waals surface area (Å²) in [5, 5.41) is 20.9. The van der Waals surface area contributed by atoms with E-state index >= 15 is 0 Å². The van der Waals surface area contributed by atoms with Crippen molar-refractivity contribution in [2.24, 2.45) is 12.0 Å². The molecule has 0 aliphatic heterocycles. The molecule has 6 nitrogen and oxygen atoms in total. The number of hydrogen-bond donors (Lipinski definition) is 3. The van der Waals surface area contributed by atoms with Gasteiger partial charge in [-0.1, -0.05) is 11.6 Å². The van der Waals surface area contributed by atoms with Gasteiger partial charge in [0, 0.05) is 43.3 Å². The van der Waals surface area contributed by atoms with Gasteiger partial charge in [-0.3, -0.25) is 9.67 Å². The molecule has 0 aromatic carbocycles. The van der Waals surface area contributed by atoms with Crippen LogP contribution in [0.15, 0.2) is 17.1 Å². The molecular formula is C15H22ClN5OS. The monoisotopic (exact) mass is 355 g/mol. The fourth-order valence-electron chi connectivity index (χ4n) is 2.27. The minimum absolute atomic E-state index is 0.363. The number of halogens is 1. The third-order valence-electron chi connectivity index (χ3n) is 3.70. The van der Waals surface area contributed by atoms with Gasteiger partial charge < -0.3 is 15.7 Å². The molecule has 2 aromatic heterocycles. The van der Waals surface area contributed by atoms with E-state index in [-0.39, 0.29) is 0 Å². The maximum atomic E-state index is 10.1. The fraction of sp³-hybridized carbons (Fsp3) is 0.467. The van der Waals surface area contributed by atoms with Crippen LogP contribution < -0.4 is 10.6 Å². The Balaban J connectivity index is 1.88. The first kappa shape index (κ1) is 17.8. The molecular weight excluding hydrogens is 334 g/mol. The van der Waals surface area contributed by atoms with E-state index in [1.807, 2.05) is 31.6 Å². The molecule has 2 rings (SSSR count). The molecule has 0 bridgehead atoms. The van der Waals surface area contributed by atoms with Gasteiger partial charge >= 0.3 is 0 Å². The van der Waals surface area contributed by atoms with Crippen molar-refractivity contribution in [2.75, 3.05) is 13.6 Å². The maximum Gasteiger partial charge on any atom is 0.191 e. The average Bonchev–Trinajstić information content (AvgIpc) is 3.05. The average molecular weight is 356 g/mol. The van der Waals surface area contributed by atoms with Gasteiger partial charge in [0.05, 0.1) is 10.0 Å². The van der Waals surface area contributed by atoms with Crippen LogP contribution in [0.4, 0.5) is 0 Å². The Bertz CT molecular complexity index is 694. The van der Waals surface area contributed by atoms with Crippen molar-refractivity contribution < 1.29 is 5.11 Å². The lowest BCUT2D eigenvalue weighted by Gasteiger charge is -2.14. The summed E-state index contributed by atoms with van der Waals surface area (Å²) in [6.07, 6.45) is -0.618. The highest BCUT2D eigenvalue weighted by molar-refractivity contribution is 7.16.